The number of hydrogen-bond donors (Lipinski definition) is 0. The van der Waals surface area contributed by atoms with Crippen molar-refractivity contribution in [3.05, 3.63) is 62.3 Å². The van der Waals surface area contributed by atoms with Crippen molar-refractivity contribution in [3.8, 4) is 0 Å². The standard InChI is InChI=1S/C15H13NO5S/c17-13(14-5-2-8-22-14)6-7-15(18)21-10-11-3-1-4-12(9-11)16(19)20/h1-5,8-9H,6-7,10H2. The van der Waals surface area contributed by atoms with Gasteiger partial charge in [0, 0.05) is 18.6 Å². The lowest BCUT2D eigenvalue weighted by atomic mass is 10.2. The van der Waals surface area contributed by atoms with E-state index in [4.69, 9.17) is 4.74 Å². The molecule has 0 aliphatic carbocycles. The van der Waals surface area contributed by atoms with Crippen molar-refractivity contribution in [2.24, 2.45) is 0 Å². The number of nitrogens with zero attached hydrogens (tertiary/aromatic N) is 1. The maximum atomic E-state index is 11.7. The number of ether oxygens (including phenoxy) is 1. The number of benzene rings is 1. The molecule has 0 unspecified atom stereocenters. The van der Waals surface area contributed by atoms with Crippen LogP contribution in [0.15, 0.2) is 41.8 Å². The van der Waals surface area contributed by atoms with Crippen molar-refractivity contribution in [1.82, 2.24) is 0 Å². The molecular formula is C15H13NO5S. The van der Waals surface area contributed by atoms with E-state index < -0.39 is 10.9 Å². The molecule has 1 aromatic carbocycles. The van der Waals surface area contributed by atoms with Gasteiger partial charge in [0.05, 0.1) is 16.2 Å². The minimum atomic E-state index is -0.509. The Morgan fingerprint density at radius 3 is 2.68 bits per heavy atom. The number of carbonyl (C=O) groups is 2. The zero-order valence-corrected chi connectivity index (χ0v) is 12.4. The lowest BCUT2D eigenvalue weighted by molar-refractivity contribution is -0.384. The van der Waals surface area contributed by atoms with Gasteiger partial charge < -0.3 is 4.74 Å². The first-order valence-electron chi connectivity index (χ1n) is 6.52. The third-order valence-corrected chi connectivity index (χ3v) is 3.78. The predicted octanol–water partition coefficient (Wildman–Crippen LogP) is 3.36. The van der Waals surface area contributed by atoms with E-state index in [2.05, 4.69) is 0 Å². The summed E-state index contributed by atoms with van der Waals surface area (Å²) < 4.78 is 5.02. The van der Waals surface area contributed by atoms with Crippen molar-refractivity contribution < 1.29 is 19.2 Å². The van der Waals surface area contributed by atoms with E-state index in [9.17, 15) is 19.7 Å². The van der Waals surface area contributed by atoms with Crippen molar-refractivity contribution >= 4 is 28.8 Å². The van der Waals surface area contributed by atoms with E-state index in [0.717, 1.165) is 0 Å². The highest BCUT2D eigenvalue weighted by Crippen LogP contribution is 2.15. The van der Waals surface area contributed by atoms with Gasteiger partial charge in [0.2, 0.25) is 0 Å². The summed E-state index contributed by atoms with van der Waals surface area (Å²) >= 11 is 1.33. The molecule has 0 saturated heterocycles. The van der Waals surface area contributed by atoms with E-state index in [1.165, 1.54) is 29.5 Å². The number of Topliss-reactive ketones (excluding diaryl/α,β-unsaturated/α-hetero) is 1. The average molecular weight is 319 g/mol. The van der Waals surface area contributed by atoms with E-state index in [-0.39, 0.29) is 30.9 Å². The van der Waals surface area contributed by atoms with Gasteiger partial charge in [-0.05, 0) is 17.0 Å². The molecule has 0 N–H and O–H groups in total. The average Bonchev–Trinajstić information content (AvgIpc) is 3.05. The number of carbonyl (C=O) groups excluding carboxylic acids is 2. The van der Waals surface area contributed by atoms with Gasteiger partial charge in [-0.25, -0.2) is 0 Å². The molecule has 0 aliphatic rings. The Morgan fingerprint density at radius 2 is 2.00 bits per heavy atom. The number of esters is 1. The summed E-state index contributed by atoms with van der Waals surface area (Å²) in [5, 5.41) is 12.4. The van der Waals surface area contributed by atoms with Crippen LogP contribution in [-0.4, -0.2) is 16.7 Å². The minimum absolute atomic E-state index is 0.00827. The van der Waals surface area contributed by atoms with E-state index >= 15 is 0 Å². The fraction of sp³-hybridized carbons (Fsp3) is 0.200. The predicted molar refractivity (Wildman–Crippen MR) is 80.8 cm³/mol. The first-order chi connectivity index (χ1) is 10.6. The third kappa shape index (κ3) is 4.49. The van der Waals surface area contributed by atoms with E-state index in [1.54, 1.807) is 23.6 Å². The molecule has 0 spiro atoms. The van der Waals surface area contributed by atoms with Gasteiger partial charge in [0.15, 0.2) is 5.78 Å². The molecular weight excluding hydrogens is 306 g/mol. The van der Waals surface area contributed by atoms with Gasteiger partial charge in [-0.3, -0.25) is 19.7 Å². The van der Waals surface area contributed by atoms with Gasteiger partial charge in [-0.2, -0.15) is 0 Å². The van der Waals surface area contributed by atoms with Crippen LogP contribution in [0, 0.1) is 10.1 Å². The third-order valence-electron chi connectivity index (χ3n) is 2.87. The van der Waals surface area contributed by atoms with E-state index in [0.29, 0.717) is 10.4 Å². The molecule has 0 atom stereocenters. The van der Waals surface area contributed by atoms with Gasteiger partial charge in [-0.15, -0.1) is 11.3 Å². The van der Waals surface area contributed by atoms with Crippen molar-refractivity contribution in [1.29, 1.82) is 0 Å². The molecule has 114 valence electrons. The van der Waals surface area contributed by atoms with Crippen LogP contribution in [0.3, 0.4) is 0 Å². The molecule has 2 aromatic rings. The summed E-state index contributed by atoms with van der Waals surface area (Å²) in [5.74, 6) is -0.598. The highest BCUT2D eigenvalue weighted by atomic mass is 32.1. The van der Waals surface area contributed by atoms with Crippen LogP contribution in [0.5, 0.6) is 0 Å². The van der Waals surface area contributed by atoms with Gasteiger partial charge in [0.25, 0.3) is 5.69 Å². The molecule has 0 radical (unpaired) electrons. The van der Waals surface area contributed by atoms with Crippen LogP contribution in [0.25, 0.3) is 0 Å². The van der Waals surface area contributed by atoms with Crippen LogP contribution in [0.2, 0.25) is 0 Å². The fourth-order valence-corrected chi connectivity index (χ4v) is 2.47. The number of rotatable bonds is 7. The maximum absolute atomic E-state index is 11.7. The Balaban J connectivity index is 1.79. The Hall–Kier alpha value is -2.54. The Kier molecular flexibility index (Phi) is 5.37. The minimum Gasteiger partial charge on any atom is -0.461 e. The zero-order valence-electron chi connectivity index (χ0n) is 11.6. The van der Waals surface area contributed by atoms with Gasteiger partial charge in [0.1, 0.15) is 6.61 Å². The normalized spacial score (nSPS) is 10.2. The number of nitro groups is 1. The van der Waals surface area contributed by atoms with Crippen molar-refractivity contribution in [3.63, 3.8) is 0 Å². The largest absolute Gasteiger partial charge is 0.461 e. The number of non-ortho nitro benzene ring substituents is 1. The summed E-state index contributed by atoms with van der Waals surface area (Å²) in [5.41, 5.74) is 0.480. The molecule has 1 aromatic heterocycles. The second-order valence-corrected chi connectivity index (χ2v) is 5.44. The van der Waals surface area contributed by atoms with Gasteiger partial charge >= 0.3 is 5.97 Å². The second-order valence-electron chi connectivity index (χ2n) is 4.49. The Labute approximate surface area is 130 Å². The lowest BCUT2D eigenvalue weighted by Gasteiger charge is -2.04. The molecule has 0 aliphatic heterocycles. The van der Waals surface area contributed by atoms with Crippen LogP contribution in [0.1, 0.15) is 28.1 Å². The van der Waals surface area contributed by atoms with Crippen LogP contribution < -0.4 is 0 Å². The molecule has 0 saturated carbocycles. The molecule has 22 heavy (non-hydrogen) atoms. The summed E-state index contributed by atoms with van der Waals surface area (Å²) in [6, 6.07) is 9.37. The molecule has 1 heterocycles. The Bertz CT molecular complexity index is 681. The SMILES string of the molecule is O=C(CCC(=O)c1cccs1)OCc1cccc([N+](=O)[O-])c1. The molecule has 0 bridgehead atoms. The van der Waals surface area contributed by atoms with Crippen molar-refractivity contribution in [2.45, 2.75) is 19.4 Å². The van der Waals surface area contributed by atoms with E-state index in [1.807, 2.05) is 0 Å². The van der Waals surface area contributed by atoms with Crippen LogP contribution >= 0.6 is 11.3 Å². The summed E-state index contributed by atoms with van der Waals surface area (Å²) in [6.07, 6.45) is 0.0833. The van der Waals surface area contributed by atoms with Crippen LogP contribution in [0.4, 0.5) is 5.69 Å². The zero-order chi connectivity index (χ0) is 15.9. The molecule has 7 heteroatoms. The first-order valence-corrected chi connectivity index (χ1v) is 7.40. The maximum Gasteiger partial charge on any atom is 0.306 e. The summed E-state index contributed by atoms with van der Waals surface area (Å²) in [4.78, 5) is 34.1. The Morgan fingerprint density at radius 1 is 1.18 bits per heavy atom. The van der Waals surface area contributed by atoms with Gasteiger partial charge in [-0.1, -0.05) is 18.2 Å². The molecule has 0 amide bonds. The van der Waals surface area contributed by atoms with Crippen LogP contribution in [-0.2, 0) is 16.1 Å². The monoisotopic (exact) mass is 319 g/mol. The highest BCUT2D eigenvalue weighted by molar-refractivity contribution is 7.12. The number of hydrogen-bond acceptors (Lipinski definition) is 6. The molecule has 0 fully saturated rings. The fourth-order valence-electron chi connectivity index (χ4n) is 1.77. The molecule has 6 nitrogen and oxygen atoms in total. The first kappa shape index (κ1) is 15.8. The summed E-state index contributed by atoms with van der Waals surface area (Å²) in [6.45, 7) is -0.0479. The number of thiophene rings is 1. The smallest absolute Gasteiger partial charge is 0.306 e. The second kappa shape index (κ2) is 7.46. The molecule has 2 rings (SSSR count). The summed E-state index contributed by atoms with van der Waals surface area (Å²) in [7, 11) is 0. The number of nitro benzene ring substituents is 1. The van der Waals surface area contributed by atoms with Crippen molar-refractivity contribution in [2.75, 3.05) is 0 Å². The lowest BCUT2D eigenvalue weighted by Crippen LogP contribution is -2.07. The topological polar surface area (TPSA) is 86.5 Å². The number of ketones is 1. The highest BCUT2D eigenvalue weighted by Gasteiger charge is 2.12. The quantitative estimate of drug-likeness (QED) is 0.338.